The molecule has 1 aliphatic heterocycles. The van der Waals surface area contributed by atoms with Crippen LogP contribution in [0.2, 0.25) is 0 Å². The third-order valence-electron chi connectivity index (χ3n) is 5.52. The molecule has 0 amide bonds. The number of nitrogens with zero attached hydrogens (tertiary/aromatic N) is 2. The predicted octanol–water partition coefficient (Wildman–Crippen LogP) is 4.26. The van der Waals surface area contributed by atoms with Gasteiger partial charge < -0.3 is 4.98 Å². The number of piperidine rings is 1. The summed E-state index contributed by atoms with van der Waals surface area (Å²) in [5, 5.41) is 0. The van der Waals surface area contributed by atoms with Crippen molar-refractivity contribution in [2.24, 2.45) is 0 Å². The number of likely N-dealkylation sites (tertiary alicyclic amines) is 1. The Morgan fingerprint density at radius 2 is 1.86 bits per heavy atom. The number of H-pyrrole nitrogens is 1. The van der Waals surface area contributed by atoms with Crippen LogP contribution in [0.25, 0.3) is 11.0 Å². The zero-order valence-electron chi connectivity index (χ0n) is 13.2. The van der Waals surface area contributed by atoms with Gasteiger partial charge in [0.1, 0.15) is 5.82 Å². The third-order valence-corrected chi connectivity index (χ3v) is 5.52. The molecule has 1 aromatic carbocycles. The fourth-order valence-corrected chi connectivity index (χ4v) is 3.85. The van der Waals surface area contributed by atoms with E-state index >= 15 is 0 Å². The minimum absolute atomic E-state index is 0.511. The zero-order chi connectivity index (χ0) is 14.4. The summed E-state index contributed by atoms with van der Waals surface area (Å²) in [6.45, 7) is 5.60. The number of nitrogens with one attached hydrogen (secondary N) is 1. The number of aromatic amines is 1. The Morgan fingerprint density at radius 1 is 1.05 bits per heavy atom. The van der Waals surface area contributed by atoms with Gasteiger partial charge in [0.25, 0.3) is 0 Å². The van der Waals surface area contributed by atoms with Crippen molar-refractivity contribution in [3.05, 3.63) is 29.1 Å². The van der Waals surface area contributed by atoms with Gasteiger partial charge in [-0.2, -0.15) is 0 Å². The molecule has 112 valence electrons. The van der Waals surface area contributed by atoms with E-state index in [9.17, 15) is 0 Å². The molecule has 1 saturated carbocycles. The number of aromatic nitrogens is 2. The molecule has 2 aromatic rings. The molecule has 21 heavy (non-hydrogen) atoms. The lowest BCUT2D eigenvalue weighted by Crippen LogP contribution is -2.45. The van der Waals surface area contributed by atoms with Crippen LogP contribution in [0.5, 0.6) is 0 Å². The van der Waals surface area contributed by atoms with Gasteiger partial charge in [0, 0.05) is 6.04 Å². The Labute approximate surface area is 126 Å². The molecule has 0 bridgehead atoms. The van der Waals surface area contributed by atoms with Gasteiger partial charge in [0.05, 0.1) is 17.1 Å². The number of hydrogen-bond donors (Lipinski definition) is 1. The van der Waals surface area contributed by atoms with Gasteiger partial charge in [-0.1, -0.05) is 12.8 Å². The molecule has 1 aliphatic carbocycles. The van der Waals surface area contributed by atoms with Crippen molar-refractivity contribution < 1.29 is 0 Å². The van der Waals surface area contributed by atoms with E-state index in [0.29, 0.717) is 6.04 Å². The molecule has 1 saturated heterocycles. The number of hydrogen-bond acceptors (Lipinski definition) is 2. The number of rotatable bonds is 2. The topological polar surface area (TPSA) is 31.9 Å². The Balaban J connectivity index is 1.70. The first-order valence-corrected chi connectivity index (χ1v) is 8.45. The molecule has 1 N–H and O–H groups in total. The summed E-state index contributed by atoms with van der Waals surface area (Å²) in [6.07, 6.45) is 8.12. The Bertz CT molecular complexity index is 615. The number of fused-ring (bicyclic) bond motifs is 1. The van der Waals surface area contributed by atoms with E-state index in [1.807, 2.05) is 0 Å². The summed E-state index contributed by atoms with van der Waals surface area (Å²) in [4.78, 5) is 11.3. The van der Waals surface area contributed by atoms with Crippen LogP contribution in [-0.2, 0) is 0 Å². The first-order chi connectivity index (χ1) is 10.2. The number of benzene rings is 1. The van der Waals surface area contributed by atoms with Crippen LogP contribution in [0.4, 0.5) is 0 Å². The second kappa shape index (κ2) is 5.13. The van der Waals surface area contributed by atoms with E-state index in [1.165, 1.54) is 67.5 Å². The van der Waals surface area contributed by atoms with E-state index < -0.39 is 0 Å². The van der Waals surface area contributed by atoms with Crippen molar-refractivity contribution in [1.29, 1.82) is 0 Å². The molecule has 0 spiro atoms. The van der Waals surface area contributed by atoms with Gasteiger partial charge in [-0.25, -0.2) is 4.98 Å². The van der Waals surface area contributed by atoms with Gasteiger partial charge in [-0.3, -0.25) is 4.90 Å². The standard InChI is InChI=1S/C18H25N3/c1-12-10-15-16(11-13(12)2)20-18(19-15)17-8-3-4-9-21(17)14-6-5-7-14/h10-11,14,17H,3-9H2,1-2H3,(H,19,20). The molecule has 1 unspecified atom stereocenters. The molecular weight excluding hydrogens is 258 g/mol. The number of imidazole rings is 1. The lowest BCUT2D eigenvalue weighted by atomic mass is 9.87. The quantitative estimate of drug-likeness (QED) is 0.893. The van der Waals surface area contributed by atoms with E-state index in [0.717, 1.165) is 11.6 Å². The molecule has 2 heterocycles. The molecule has 1 atom stereocenters. The lowest BCUT2D eigenvalue weighted by Gasteiger charge is -2.44. The molecule has 3 heteroatoms. The van der Waals surface area contributed by atoms with Gasteiger partial charge >= 0.3 is 0 Å². The molecule has 2 aliphatic rings. The highest BCUT2D eigenvalue weighted by Crippen LogP contribution is 2.37. The van der Waals surface area contributed by atoms with E-state index in [4.69, 9.17) is 4.98 Å². The van der Waals surface area contributed by atoms with Crippen molar-refractivity contribution in [1.82, 2.24) is 14.9 Å². The second-order valence-corrected chi connectivity index (χ2v) is 6.91. The smallest absolute Gasteiger partial charge is 0.124 e. The number of aryl methyl sites for hydroxylation is 2. The maximum Gasteiger partial charge on any atom is 0.124 e. The summed E-state index contributed by atoms with van der Waals surface area (Å²) in [5.74, 6) is 1.20. The van der Waals surface area contributed by atoms with Crippen LogP contribution in [0.15, 0.2) is 12.1 Å². The average molecular weight is 283 g/mol. The fraction of sp³-hybridized carbons (Fsp3) is 0.611. The zero-order valence-corrected chi connectivity index (χ0v) is 13.2. The first-order valence-electron chi connectivity index (χ1n) is 8.45. The van der Waals surface area contributed by atoms with Crippen LogP contribution >= 0.6 is 0 Å². The monoisotopic (exact) mass is 283 g/mol. The van der Waals surface area contributed by atoms with E-state index in [1.54, 1.807) is 0 Å². The SMILES string of the molecule is Cc1cc2nc(C3CCCCN3C3CCC3)[nH]c2cc1C. The summed E-state index contributed by atoms with van der Waals surface area (Å²) in [5.41, 5.74) is 5.01. The van der Waals surface area contributed by atoms with Gasteiger partial charge in [0.2, 0.25) is 0 Å². The van der Waals surface area contributed by atoms with E-state index in [-0.39, 0.29) is 0 Å². The fourth-order valence-electron chi connectivity index (χ4n) is 3.85. The Kier molecular flexibility index (Phi) is 3.26. The predicted molar refractivity (Wildman–Crippen MR) is 86.5 cm³/mol. The minimum atomic E-state index is 0.511. The molecule has 3 nitrogen and oxygen atoms in total. The summed E-state index contributed by atoms with van der Waals surface area (Å²) in [6, 6.07) is 5.79. The van der Waals surface area contributed by atoms with Gasteiger partial charge in [0.15, 0.2) is 0 Å². The average Bonchev–Trinajstić information content (AvgIpc) is 2.81. The first kappa shape index (κ1) is 13.3. The lowest BCUT2D eigenvalue weighted by molar-refractivity contribution is 0.0476. The van der Waals surface area contributed by atoms with E-state index in [2.05, 4.69) is 35.9 Å². The van der Waals surface area contributed by atoms with Crippen molar-refractivity contribution >= 4 is 11.0 Å². The maximum absolute atomic E-state index is 4.93. The van der Waals surface area contributed by atoms with Crippen LogP contribution in [0.3, 0.4) is 0 Å². The minimum Gasteiger partial charge on any atom is -0.341 e. The molecule has 4 rings (SSSR count). The molecule has 1 aromatic heterocycles. The molecular formula is C18H25N3. The normalized spacial score (nSPS) is 24.4. The highest BCUT2D eigenvalue weighted by Gasteiger charge is 2.34. The second-order valence-electron chi connectivity index (χ2n) is 6.91. The maximum atomic E-state index is 4.93. The van der Waals surface area contributed by atoms with Crippen molar-refractivity contribution in [2.75, 3.05) is 6.54 Å². The van der Waals surface area contributed by atoms with Gasteiger partial charge in [-0.15, -0.1) is 0 Å². The largest absolute Gasteiger partial charge is 0.341 e. The van der Waals surface area contributed by atoms with Crippen LogP contribution in [-0.4, -0.2) is 27.5 Å². The Hall–Kier alpha value is -1.35. The van der Waals surface area contributed by atoms with Gasteiger partial charge in [-0.05, 0) is 69.3 Å². The highest BCUT2D eigenvalue weighted by atomic mass is 15.2. The van der Waals surface area contributed by atoms with Crippen LogP contribution in [0.1, 0.15) is 61.5 Å². The summed E-state index contributed by atoms with van der Waals surface area (Å²) in [7, 11) is 0. The summed E-state index contributed by atoms with van der Waals surface area (Å²) >= 11 is 0. The van der Waals surface area contributed by atoms with Crippen molar-refractivity contribution in [3.63, 3.8) is 0 Å². The molecule has 2 fully saturated rings. The van der Waals surface area contributed by atoms with Crippen molar-refractivity contribution in [3.8, 4) is 0 Å². The highest BCUT2D eigenvalue weighted by molar-refractivity contribution is 5.77. The van der Waals surface area contributed by atoms with Crippen LogP contribution in [0, 0.1) is 13.8 Å². The third kappa shape index (κ3) is 2.28. The van der Waals surface area contributed by atoms with Crippen molar-refractivity contribution in [2.45, 2.75) is 64.5 Å². The Morgan fingerprint density at radius 3 is 2.62 bits per heavy atom. The van der Waals surface area contributed by atoms with Crippen LogP contribution < -0.4 is 0 Å². The molecule has 0 radical (unpaired) electrons. The summed E-state index contributed by atoms with van der Waals surface area (Å²) < 4.78 is 0.